The van der Waals surface area contributed by atoms with E-state index in [4.69, 9.17) is 15.1 Å². The third-order valence-electron chi connectivity index (χ3n) is 2.43. The molecule has 0 aliphatic rings. The van der Waals surface area contributed by atoms with Crippen molar-refractivity contribution in [2.24, 2.45) is 0 Å². The van der Waals surface area contributed by atoms with Crippen LogP contribution in [0.3, 0.4) is 0 Å². The minimum absolute atomic E-state index is 0.141. The van der Waals surface area contributed by atoms with E-state index in [0.717, 1.165) is 0 Å². The zero-order valence-corrected chi connectivity index (χ0v) is 10.1. The van der Waals surface area contributed by atoms with Gasteiger partial charge in [-0.1, -0.05) is 0 Å². The van der Waals surface area contributed by atoms with Gasteiger partial charge < -0.3 is 9.84 Å². The maximum absolute atomic E-state index is 9.11. The van der Waals surface area contributed by atoms with Crippen molar-refractivity contribution in [3.63, 3.8) is 0 Å². The Hall–Kier alpha value is -0.630. The highest BCUT2D eigenvalue weighted by molar-refractivity contribution is 5.06. The highest BCUT2D eigenvalue weighted by Crippen LogP contribution is 2.22. The van der Waals surface area contributed by atoms with Crippen molar-refractivity contribution >= 4 is 0 Å². The first-order valence-corrected chi connectivity index (χ1v) is 5.21. The number of nitrogens with zero attached hydrogens (tertiary/aromatic N) is 1. The Labute approximate surface area is 92.2 Å². The quantitative estimate of drug-likeness (QED) is 0.622. The second-order valence-electron chi connectivity index (χ2n) is 4.59. The van der Waals surface area contributed by atoms with Gasteiger partial charge in [-0.05, 0) is 33.7 Å². The van der Waals surface area contributed by atoms with Crippen LogP contribution >= 0.6 is 0 Å². The molecule has 4 nitrogen and oxygen atoms in total. The number of rotatable bonds is 7. The summed E-state index contributed by atoms with van der Waals surface area (Å²) in [6, 6.07) is 2.26. The lowest BCUT2D eigenvalue weighted by atomic mass is 9.89. The van der Waals surface area contributed by atoms with E-state index in [2.05, 4.69) is 11.4 Å². The van der Waals surface area contributed by atoms with E-state index in [-0.39, 0.29) is 12.2 Å². The molecule has 0 bridgehead atoms. The van der Waals surface area contributed by atoms with Gasteiger partial charge in [-0.3, -0.25) is 5.32 Å². The Morgan fingerprint density at radius 2 is 2.00 bits per heavy atom. The van der Waals surface area contributed by atoms with Gasteiger partial charge in [-0.2, -0.15) is 5.26 Å². The van der Waals surface area contributed by atoms with Crippen molar-refractivity contribution in [1.82, 2.24) is 5.32 Å². The van der Waals surface area contributed by atoms with Crippen LogP contribution in [0.5, 0.6) is 0 Å². The lowest BCUT2D eigenvalue weighted by Crippen LogP contribution is -2.47. The second kappa shape index (κ2) is 6.06. The number of hydrogen-bond donors (Lipinski definition) is 2. The maximum Gasteiger partial charge on any atom is 0.106 e. The average molecular weight is 214 g/mol. The first-order valence-electron chi connectivity index (χ1n) is 5.21. The summed E-state index contributed by atoms with van der Waals surface area (Å²) in [6.45, 7) is 6.54. The number of nitrogens with one attached hydrogen (secondary N) is 1. The molecular weight excluding hydrogens is 192 g/mol. The molecule has 88 valence electrons. The fourth-order valence-corrected chi connectivity index (χ4v) is 1.51. The monoisotopic (exact) mass is 214 g/mol. The molecule has 0 aliphatic carbocycles. The molecule has 0 aromatic carbocycles. The third-order valence-corrected chi connectivity index (χ3v) is 2.43. The van der Waals surface area contributed by atoms with Crippen LogP contribution in [0.1, 0.15) is 33.6 Å². The van der Waals surface area contributed by atoms with Crippen molar-refractivity contribution in [1.29, 1.82) is 5.26 Å². The minimum atomic E-state index is -0.602. The normalized spacial score (nSPS) is 15.7. The van der Waals surface area contributed by atoms with E-state index >= 15 is 0 Å². The number of hydrogen-bond acceptors (Lipinski definition) is 4. The molecule has 1 atom stereocenters. The van der Waals surface area contributed by atoms with Crippen molar-refractivity contribution < 1.29 is 9.84 Å². The summed E-state index contributed by atoms with van der Waals surface area (Å²) in [5.74, 6) is 0. The largest absolute Gasteiger partial charge is 0.396 e. The molecule has 0 aromatic heterocycles. The van der Waals surface area contributed by atoms with Gasteiger partial charge in [0, 0.05) is 20.1 Å². The molecule has 0 saturated carbocycles. The molecule has 0 spiro atoms. The van der Waals surface area contributed by atoms with E-state index in [1.165, 1.54) is 0 Å². The van der Waals surface area contributed by atoms with Crippen LogP contribution < -0.4 is 5.32 Å². The first kappa shape index (κ1) is 14.4. The van der Waals surface area contributed by atoms with Gasteiger partial charge in [0.2, 0.25) is 0 Å². The Morgan fingerprint density at radius 1 is 1.40 bits per heavy atom. The van der Waals surface area contributed by atoms with Gasteiger partial charge in [-0.15, -0.1) is 0 Å². The summed E-state index contributed by atoms with van der Waals surface area (Å²) >= 11 is 0. The number of ether oxygens (including phenoxy) is 1. The molecule has 0 rings (SSSR count). The zero-order valence-electron chi connectivity index (χ0n) is 10.1. The molecule has 0 heterocycles. The molecule has 4 heteroatoms. The van der Waals surface area contributed by atoms with Crippen LogP contribution in [0.25, 0.3) is 0 Å². The van der Waals surface area contributed by atoms with Crippen molar-refractivity contribution in [3.05, 3.63) is 0 Å². The predicted molar refractivity (Wildman–Crippen MR) is 59.4 cm³/mol. The zero-order chi connectivity index (χ0) is 11.9. The predicted octanol–water partition coefficient (Wildman–Crippen LogP) is 1.06. The molecule has 0 saturated heterocycles. The van der Waals surface area contributed by atoms with E-state index in [1.807, 2.05) is 20.8 Å². The van der Waals surface area contributed by atoms with Crippen molar-refractivity contribution in [3.8, 4) is 6.07 Å². The lowest BCUT2D eigenvalue weighted by Gasteiger charge is -2.32. The maximum atomic E-state index is 9.11. The summed E-state index contributed by atoms with van der Waals surface area (Å²) in [7, 11) is 1.64. The molecule has 0 aliphatic heterocycles. The van der Waals surface area contributed by atoms with Crippen LogP contribution in [-0.2, 0) is 4.74 Å². The Kier molecular flexibility index (Phi) is 5.81. The third kappa shape index (κ3) is 5.73. The van der Waals surface area contributed by atoms with E-state index < -0.39 is 5.54 Å². The molecule has 0 fully saturated rings. The molecule has 15 heavy (non-hydrogen) atoms. The second-order valence-corrected chi connectivity index (χ2v) is 4.59. The molecule has 0 amide bonds. The molecule has 0 aromatic rings. The van der Waals surface area contributed by atoms with Crippen LogP contribution in [0.2, 0.25) is 0 Å². The number of aliphatic hydroxyl groups excluding tert-OH is 1. The number of aliphatic hydroxyl groups is 1. The highest BCUT2D eigenvalue weighted by atomic mass is 16.5. The molecule has 0 radical (unpaired) electrons. The summed E-state index contributed by atoms with van der Waals surface area (Å²) in [5.41, 5.74) is -0.925. The van der Waals surface area contributed by atoms with Gasteiger partial charge in [0.15, 0.2) is 0 Å². The average Bonchev–Trinajstić information content (AvgIpc) is 2.18. The van der Waals surface area contributed by atoms with Crippen LogP contribution in [0.15, 0.2) is 0 Å². The number of methoxy groups -OCH3 is 1. The lowest BCUT2D eigenvalue weighted by molar-refractivity contribution is 0.00109. The first-order chi connectivity index (χ1) is 6.89. The summed E-state index contributed by atoms with van der Waals surface area (Å²) < 4.78 is 5.30. The van der Waals surface area contributed by atoms with Crippen molar-refractivity contribution in [2.75, 3.05) is 20.3 Å². The van der Waals surface area contributed by atoms with Crippen LogP contribution in [0.4, 0.5) is 0 Å². The smallest absolute Gasteiger partial charge is 0.106 e. The topological polar surface area (TPSA) is 65.3 Å². The molecule has 1 unspecified atom stereocenters. The number of nitriles is 1. The SMILES string of the molecule is COC(C)(C)CC(C)(C#N)NCCCO. The van der Waals surface area contributed by atoms with Gasteiger partial charge in [-0.25, -0.2) is 0 Å². The Morgan fingerprint density at radius 3 is 2.40 bits per heavy atom. The Bertz CT molecular complexity index is 223. The summed E-state index contributed by atoms with van der Waals surface area (Å²) in [6.07, 6.45) is 1.27. The molecular formula is C11H22N2O2. The molecule has 2 N–H and O–H groups in total. The van der Waals surface area contributed by atoms with E-state index in [0.29, 0.717) is 19.4 Å². The minimum Gasteiger partial charge on any atom is -0.396 e. The van der Waals surface area contributed by atoms with Crippen LogP contribution in [0, 0.1) is 11.3 Å². The summed E-state index contributed by atoms with van der Waals surface area (Å²) in [4.78, 5) is 0. The van der Waals surface area contributed by atoms with Gasteiger partial charge >= 0.3 is 0 Å². The van der Waals surface area contributed by atoms with Gasteiger partial charge in [0.1, 0.15) is 5.54 Å². The van der Waals surface area contributed by atoms with Gasteiger partial charge in [0.25, 0.3) is 0 Å². The Balaban J connectivity index is 4.26. The standard InChI is InChI=1S/C11H22N2O2/c1-10(2,15-4)8-11(3,9-12)13-6-5-7-14/h13-14H,5-8H2,1-4H3. The fraction of sp³-hybridized carbons (Fsp3) is 0.909. The highest BCUT2D eigenvalue weighted by Gasteiger charge is 2.31. The fourth-order valence-electron chi connectivity index (χ4n) is 1.51. The van der Waals surface area contributed by atoms with Gasteiger partial charge in [0.05, 0.1) is 11.7 Å². The summed E-state index contributed by atoms with van der Waals surface area (Å²) in [5, 5.41) is 20.9. The van der Waals surface area contributed by atoms with E-state index in [9.17, 15) is 0 Å². The van der Waals surface area contributed by atoms with Crippen LogP contribution in [-0.4, -0.2) is 36.5 Å². The van der Waals surface area contributed by atoms with E-state index in [1.54, 1.807) is 7.11 Å². The van der Waals surface area contributed by atoms with Crippen molar-refractivity contribution in [2.45, 2.75) is 44.8 Å².